The van der Waals surface area contributed by atoms with Gasteiger partial charge in [-0.3, -0.25) is 9.59 Å². The van der Waals surface area contributed by atoms with Crippen LogP contribution in [0.15, 0.2) is 66.7 Å². The zero-order chi connectivity index (χ0) is 20.6. The smallest absolute Gasteiger partial charge is 0.314 e. The molecule has 0 saturated carbocycles. The molecule has 4 heteroatoms. The predicted molar refractivity (Wildman–Crippen MR) is 117 cm³/mol. The molecule has 1 amide bonds. The molecule has 0 aromatic heterocycles. The van der Waals surface area contributed by atoms with Gasteiger partial charge in [-0.25, -0.2) is 0 Å². The van der Waals surface area contributed by atoms with Crippen molar-refractivity contribution in [2.24, 2.45) is 5.92 Å². The second kappa shape index (κ2) is 9.87. The summed E-state index contributed by atoms with van der Waals surface area (Å²) in [6, 6.07) is 20.5. The molecule has 0 aliphatic carbocycles. The van der Waals surface area contributed by atoms with Gasteiger partial charge in [0.25, 0.3) is 5.91 Å². The molecule has 0 fully saturated rings. The molecule has 3 aromatic rings. The highest BCUT2D eigenvalue weighted by molar-refractivity contribution is 6.13. The molecule has 4 nitrogen and oxygen atoms in total. The van der Waals surface area contributed by atoms with E-state index in [9.17, 15) is 9.59 Å². The van der Waals surface area contributed by atoms with E-state index in [1.54, 1.807) is 24.3 Å². The number of hydrogen-bond donors (Lipinski definition) is 1. The van der Waals surface area contributed by atoms with Gasteiger partial charge < -0.3 is 10.1 Å². The maximum absolute atomic E-state index is 12.9. The first-order valence-corrected chi connectivity index (χ1v) is 10.2. The Balaban J connectivity index is 1.80. The number of amides is 1. The van der Waals surface area contributed by atoms with E-state index in [4.69, 9.17) is 4.74 Å². The number of rotatable bonds is 8. The normalized spacial score (nSPS) is 11.8. The summed E-state index contributed by atoms with van der Waals surface area (Å²) in [5.41, 5.74) is 1.07. The highest BCUT2D eigenvalue weighted by Crippen LogP contribution is 2.27. The van der Waals surface area contributed by atoms with E-state index in [0.717, 1.165) is 36.5 Å². The zero-order valence-corrected chi connectivity index (χ0v) is 17.0. The third kappa shape index (κ3) is 5.02. The summed E-state index contributed by atoms with van der Waals surface area (Å²) in [6.07, 6.45) is 3.59. The fourth-order valence-corrected chi connectivity index (χ4v) is 3.40. The van der Waals surface area contributed by atoms with E-state index in [-0.39, 0.29) is 17.8 Å². The highest BCUT2D eigenvalue weighted by Gasteiger charge is 2.20. The number of unbranched alkanes of at least 4 members (excludes halogenated alkanes) is 1. The summed E-state index contributed by atoms with van der Waals surface area (Å²) < 4.78 is 5.67. The molecular formula is C25H27NO3. The van der Waals surface area contributed by atoms with Crippen LogP contribution >= 0.6 is 0 Å². The van der Waals surface area contributed by atoms with E-state index >= 15 is 0 Å². The van der Waals surface area contributed by atoms with Crippen LogP contribution in [0, 0.1) is 5.92 Å². The molecule has 0 radical (unpaired) electrons. The van der Waals surface area contributed by atoms with Crippen LogP contribution in [0.3, 0.4) is 0 Å². The van der Waals surface area contributed by atoms with Crippen LogP contribution < -0.4 is 10.1 Å². The third-order valence-corrected chi connectivity index (χ3v) is 5.11. The van der Waals surface area contributed by atoms with Crippen LogP contribution in [0.25, 0.3) is 10.8 Å². The quantitative estimate of drug-likeness (QED) is 0.368. The number of benzene rings is 3. The molecule has 0 spiro atoms. The van der Waals surface area contributed by atoms with Crippen LogP contribution in [0.1, 0.15) is 49.9 Å². The average Bonchev–Trinajstić information content (AvgIpc) is 2.75. The zero-order valence-electron chi connectivity index (χ0n) is 17.0. The Hall–Kier alpha value is -3.14. The fraction of sp³-hybridized carbons (Fsp3) is 0.280. The summed E-state index contributed by atoms with van der Waals surface area (Å²) in [7, 11) is 0. The third-order valence-electron chi connectivity index (χ3n) is 5.11. The number of fused-ring (bicyclic) bond motifs is 1. The Morgan fingerprint density at radius 2 is 1.66 bits per heavy atom. The van der Waals surface area contributed by atoms with E-state index in [1.807, 2.05) is 49.4 Å². The molecule has 1 N–H and O–H groups in total. The minimum atomic E-state index is -0.243. The van der Waals surface area contributed by atoms with Crippen molar-refractivity contribution in [2.75, 3.05) is 5.32 Å². The predicted octanol–water partition coefficient (Wildman–Crippen LogP) is 6.21. The first-order chi connectivity index (χ1) is 14.1. The van der Waals surface area contributed by atoms with Crippen molar-refractivity contribution in [2.45, 2.75) is 39.5 Å². The van der Waals surface area contributed by atoms with Gasteiger partial charge in [-0.05, 0) is 41.8 Å². The van der Waals surface area contributed by atoms with Crippen molar-refractivity contribution < 1.29 is 14.3 Å². The number of para-hydroxylation sites is 2. The largest absolute Gasteiger partial charge is 0.424 e. The van der Waals surface area contributed by atoms with Crippen molar-refractivity contribution in [3.8, 4) is 5.75 Å². The maximum atomic E-state index is 12.9. The van der Waals surface area contributed by atoms with Gasteiger partial charge in [0, 0.05) is 5.56 Å². The first-order valence-electron chi connectivity index (χ1n) is 10.2. The Bertz CT molecular complexity index is 991. The topological polar surface area (TPSA) is 55.4 Å². The van der Waals surface area contributed by atoms with Crippen LogP contribution in [0.5, 0.6) is 5.75 Å². The number of nitrogens with one attached hydrogen (secondary N) is 1. The first kappa shape index (κ1) is 20.6. The molecule has 0 heterocycles. The van der Waals surface area contributed by atoms with Crippen molar-refractivity contribution in [3.05, 3.63) is 72.3 Å². The lowest BCUT2D eigenvalue weighted by Crippen LogP contribution is -2.21. The second-order valence-electron chi connectivity index (χ2n) is 7.15. The van der Waals surface area contributed by atoms with Crippen molar-refractivity contribution in [1.82, 2.24) is 0 Å². The Kier molecular flexibility index (Phi) is 7.01. The van der Waals surface area contributed by atoms with Gasteiger partial charge in [-0.1, -0.05) is 75.2 Å². The molecule has 0 aliphatic heterocycles. The highest BCUT2D eigenvalue weighted by atomic mass is 16.5. The summed E-state index contributed by atoms with van der Waals surface area (Å²) in [6.45, 7) is 4.10. The van der Waals surface area contributed by atoms with E-state index in [0.29, 0.717) is 17.0 Å². The Labute approximate surface area is 171 Å². The number of ether oxygens (including phenoxy) is 1. The maximum Gasteiger partial charge on any atom is 0.314 e. The molecule has 0 bridgehead atoms. The van der Waals surface area contributed by atoms with Gasteiger partial charge in [-0.2, -0.15) is 0 Å². The molecule has 1 atom stereocenters. The van der Waals surface area contributed by atoms with Crippen LogP contribution in [0.4, 0.5) is 5.69 Å². The minimum absolute atomic E-state index is 0.128. The van der Waals surface area contributed by atoms with E-state index in [1.165, 1.54) is 0 Å². The van der Waals surface area contributed by atoms with Gasteiger partial charge in [0.15, 0.2) is 5.75 Å². The van der Waals surface area contributed by atoms with Gasteiger partial charge >= 0.3 is 5.97 Å². The molecule has 150 valence electrons. The minimum Gasteiger partial charge on any atom is -0.424 e. The van der Waals surface area contributed by atoms with E-state index < -0.39 is 0 Å². The summed E-state index contributed by atoms with van der Waals surface area (Å²) >= 11 is 0. The SMILES string of the molecule is CCCC[C@@H](CC)C(=O)Oc1ccccc1NC(=O)c1cccc2ccccc12. The lowest BCUT2D eigenvalue weighted by atomic mass is 10.00. The number of hydrogen-bond acceptors (Lipinski definition) is 3. The van der Waals surface area contributed by atoms with Gasteiger partial charge in [0.2, 0.25) is 0 Å². The van der Waals surface area contributed by atoms with Crippen molar-refractivity contribution in [1.29, 1.82) is 0 Å². The molecule has 0 saturated heterocycles. The molecule has 3 rings (SSSR count). The Morgan fingerprint density at radius 1 is 0.931 bits per heavy atom. The molecular weight excluding hydrogens is 362 g/mol. The lowest BCUT2D eigenvalue weighted by Gasteiger charge is -2.16. The van der Waals surface area contributed by atoms with Crippen LogP contribution in [-0.4, -0.2) is 11.9 Å². The Morgan fingerprint density at radius 3 is 2.45 bits per heavy atom. The molecule has 0 unspecified atom stereocenters. The average molecular weight is 389 g/mol. The van der Waals surface area contributed by atoms with Crippen LogP contribution in [-0.2, 0) is 4.79 Å². The number of esters is 1. The second-order valence-corrected chi connectivity index (χ2v) is 7.15. The molecule has 0 aliphatic rings. The van der Waals surface area contributed by atoms with Crippen LogP contribution in [0.2, 0.25) is 0 Å². The van der Waals surface area contributed by atoms with Gasteiger partial charge in [0.1, 0.15) is 0 Å². The van der Waals surface area contributed by atoms with Crippen molar-refractivity contribution >= 4 is 28.3 Å². The summed E-state index contributed by atoms with van der Waals surface area (Å²) in [5.74, 6) is -0.228. The van der Waals surface area contributed by atoms with Gasteiger partial charge in [-0.15, -0.1) is 0 Å². The summed E-state index contributed by atoms with van der Waals surface area (Å²) in [5, 5.41) is 4.79. The standard InChI is InChI=1S/C25H27NO3/c1-3-5-11-18(4-2)25(28)29-23-17-9-8-16-22(23)26-24(27)21-15-10-13-19-12-6-7-14-20(19)21/h6-10,12-18H,3-5,11H2,1-2H3,(H,26,27)/t18-/m1/s1. The monoisotopic (exact) mass is 389 g/mol. The lowest BCUT2D eigenvalue weighted by molar-refractivity contribution is -0.139. The molecule has 29 heavy (non-hydrogen) atoms. The van der Waals surface area contributed by atoms with E-state index in [2.05, 4.69) is 12.2 Å². The number of anilines is 1. The summed E-state index contributed by atoms with van der Waals surface area (Å²) in [4.78, 5) is 25.5. The van der Waals surface area contributed by atoms with Gasteiger partial charge in [0.05, 0.1) is 11.6 Å². The number of carbonyl (C=O) groups excluding carboxylic acids is 2. The molecule has 3 aromatic carbocycles. The fourth-order valence-electron chi connectivity index (χ4n) is 3.40. The van der Waals surface area contributed by atoms with Crippen molar-refractivity contribution in [3.63, 3.8) is 0 Å². The number of carbonyl (C=O) groups is 2.